The largest absolute Gasteiger partial charge is 0.496 e. The number of primary amides is 1. The highest BCUT2D eigenvalue weighted by Crippen LogP contribution is 2.37. The number of pyridine rings is 1. The first-order valence-electron chi connectivity index (χ1n) is 9.87. The molecule has 0 radical (unpaired) electrons. The molecule has 0 atom stereocenters. The molecule has 0 saturated heterocycles. The summed E-state index contributed by atoms with van der Waals surface area (Å²) >= 11 is 0. The number of carbonyl (C=O) groups excluding carboxylic acids is 1. The van der Waals surface area contributed by atoms with Crippen molar-refractivity contribution in [2.45, 2.75) is 32.8 Å². The number of ether oxygens (including phenoxy) is 2. The highest BCUT2D eigenvalue weighted by molar-refractivity contribution is 5.99. The summed E-state index contributed by atoms with van der Waals surface area (Å²) in [5.41, 5.74) is 7.05. The molecule has 1 amide bonds. The molecule has 33 heavy (non-hydrogen) atoms. The monoisotopic (exact) mass is 457 g/mol. The van der Waals surface area contributed by atoms with E-state index in [0.29, 0.717) is 28.6 Å². The topological polar surface area (TPSA) is 118 Å². The number of rotatable bonds is 7. The third-order valence-corrected chi connectivity index (χ3v) is 5.37. The number of aromatic nitrogens is 4. The van der Waals surface area contributed by atoms with Gasteiger partial charge in [-0.15, -0.1) is 0 Å². The zero-order chi connectivity index (χ0) is 23.9. The van der Waals surface area contributed by atoms with Crippen molar-refractivity contribution in [3.8, 4) is 22.8 Å². The maximum Gasteiger partial charge on any atom is 0.387 e. The van der Waals surface area contributed by atoms with Crippen LogP contribution in [0.25, 0.3) is 16.9 Å². The Morgan fingerprint density at radius 3 is 2.58 bits per heavy atom. The van der Waals surface area contributed by atoms with Gasteiger partial charge in [-0.25, -0.2) is 4.98 Å². The molecule has 4 rings (SSSR count). The Bertz CT molecular complexity index is 1350. The van der Waals surface area contributed by atoms with Crippen LogP contribution in [0.5, 0.6) is 11.5 Å². The number of amides is 1. The van der Waals surface area contributed by atoms with E-state index in [4.69, 9.17) is 15.0 Å². The van der Waals surface area contributed by atoms with E-state index in [2.05, 4.69) is 19.9 Å². The van der Waals surface area contributed by atoms with Crippen molar-refractivity contribution in [1.82, 2.24) is 19.5 Å². The van der Waals surface area contributed by atoms with E-state index in [9.17, 15) is 13.6 Å². The Morgan fingerprint density at radius 1 is 1.24 bits per heavy atom. The number of nitrogens with zero attached hydrogens (tertiary/aromatic N) is 4. The Balaban J connectivity index is 1.82. The van der Waals surface area contributed by atoms with E-state index in [1.54, 1.807) is 23.7 Å². The summed E-state index contributed by atoms with van der Waals surface area (Å²) in [4.78, 5) is 20.6. The highest BCUT2D eigenvalue weighted by Gasteiger charge is 2.29. The van der Waals surface area contributed by atoms with E-state index >= 15 is 0 Å². The van der Waals surface area contributed by atoms with Gasteiger partial charge in [0.05, 0.1) is 24.4 Å². The van der Waals surface area contributed by atoms with E-state index in [-0.39, 0.29) is 17.1 Å². The van der Waals surface area contributed by atoms with Gasteiger partial charge in [-0.3, -0.25) is 9.20 Å². The molecular weight excluding hydrogens is 436 g/mol. The predicted octanol–water partition coefficient (Wildman–Crippen LogP) is 3.73. The van der Waals surface area contributed by atoms with Crippen molar-refractivity contribution < 1.29 is 27.6 Å². The zero-order valence-corrected chi connectivity index (χ0v) is 18.3. The lowest BCUT2D eigenvalue weighted by Gasteiger charge is -2.21. The molecule has 2 N–H and O–H groups in total. The van der Waals surface area contributed by atoms with Gasteiger partial charge in [-0.05, 0) is 43.7 Å². The summed E-state index contributed by atoms with van der Waals surface area (Å²) < 4.78 is 42.6. The van der Waals surface area contributed by atoms with Crippen LogP contribution in [0.3, 0.4) is 0 Å². The Kier molecular flexibility index (Phi) is 5.48. The van der Waals surface area contributed by atoms with Crippen LogP contribution in [0, 0.1) is 6.92 Å². The molecule has 1 aromatic carbocycles. The number of imidazole rings is 1. The molecule has 172 valence electrons. The number of halogens is 2. The molecule has 9 nitrogen and oxygen atoms in total. The summed E-state index contributed by atoms with van der Waals surface area (Å²) in [6, 6.07) is 6.58. The number of nitrogens with two attached hydrogens (primary N) is 1. The van der Waals surface area contributed by atoms with Gasteiger partial charge >= 0.3 is 6.61 Å². The second kappa shape index (κ2) is 8.15. The predicted molar refractivity (Wildman–Crippen MR) is 113 cm³/mol. The van der Waals surface area contributed by atoms with Crippen molar-refractivity contribution in [2.24, 2.45) is 5.73 Å². The summed E-state index contributed by atoms with van der Waals surface area (Å²) in [6.45, 7) is 2.51. The van der Waals surface area contributed by atoms with Crippen LogP contribution in [0.15, 0.2) is 41.2 Å². The summed E-state index contributed by atoms with van der Waals surface area (Å²) in [6.07, 6.45) is 3.37. The van der Waals surface area contributed by atoms with Gasteiger partial charge in [0.15, 0.2) is 5.82 Å². The zero-order valence-electron chi connectivity index (χ0n) is 18.3. The van der Waals surface area contributed by atoms with Crippen LogP contribution >= 0.6 is 0 Å². The van der Waals surface area contributed by atoms with Crippen LogP contribution in [-0.2, 0) is 5.41 Å². The van der Waals surface area contributed by atoms with Crippen LogP contribution < -0.4 is 15.2 Å². The minimum atomic E-state index is -3.15. The number of hydrogen-bond donors (Lipinski definition) is 1. The number of hydrogen-bond acceptors (Lipinski definition) is 7. The van der Waals surface area contributed by atoms with Gasteiger partial charge in [0.25, 0.3) is 5.91 Å². The second-order valence-electron chi connectivity index (χ2n) is 7.84. The van der Waals surface area contributed by atoms with E-state index in [0.717, 1.165) is 5.56 Å². The number of methoxy groups -OCH3 is 1. The van der Waals surface area contributed by atoms with Gasteiger partial charge in [-0.2, -0.15) is 13.8 Å². The van der Waals surface area contributed by atoms with E-state index < -0.39 is 17.9 Å². The second-order valence-corrected chi connectivity index (χ2v) is 7.84. The quantitative estimate of drug-likeness (QED) is 0.449. The molecule has 11 heteroatoms. The van der Waals surface area contributed by atoms with Gasteiger partial charge in [0.1, 0.15) is 22.7 Å². The third-order valence-electron chi connectivity index (χ3n) is 5.37. The average molecular weight is 457 g/mol. The third kappa shape index (κ3) is 3.97. The summed E-state index contributed by atoms with van der Waals surface area (Å²) in [5.74, 6) is -0.312. The standard InChI is InChI=1S/C22H21F2N5O4/c1-11-27-20(28-33-11)22(2,3)13-5-6-29-14(10-26-17(29)9-13)12-7-15(31-4)18(19(25)30)16(8-12)32-21(23)24/h5-10,21H,1-4H3,(H2,25,30). The van der Waals surface area contributed by atoms with Gasteiger partial charge < -0.3 is 19.7 Å². The summed E-state index contributed by atoms with van der Waals surface area (Å²) in [5, 5.41) is 4.03. The maximum atomic E-state index is 13.0. The normalized spacial score (nSPS) is 11.8. The fourth-order valence-electron chi connectivity index (χ4n) is 3.60. The Labute approximate surface area is 187 Å². The summed E-state index contributed by atoms with van der Waals surface area (Å²) in [7, 11) is 1.31. The molecule has 0 aliphatic rings. The first-order chi connectivity index (χ1) is 15.6. The maximum absolute atomic E-state index is 13.0. The fraction of sp³-hybridized carbons (Fsp3) is 0.273. The van der Waals surface area contributed by atoms with Crippen molar-refractivity contribution in [1.29, 1.82) is 0 Å². The fourth-order valence-corrected chi connectivity index (χ4v) is 3.60. The van der Waals surface area contributed by atoms with Gasteiger partial charge in [0, 0.05) is 18.7 Å². The molecule has 0 unspecified atom stereocenters. The molecule has 0 aliphatic carbocycles. The minimum absolute atomic E-state index is 0.0100. The first-order valence-corrected chi connectivity index (χ1v) is 9.87. The number of benzene rings is 1. The molecule has 0 fully saturated rings. The number of aryl methyl sites for hydroxylation is 1. The molecule has 0 bridgehead atoms. The smallest absolute Gasteiger partial charge is 0.387 e. The average Bonchev–Trinajstić information content (AvgIpc) is 3.38. The van der Waals surface area contributed by atoms with Crippen LogP contribution in [0.1, 0.15) is 41.5 Å². The SMILES string of the molecule is COc1cc(-c2cnc3cc(C(C)(C)c4noc(C)n4)ccn23)cc(OC(F)F)c1C(N)=O. The van der Waals surface area contributed by atoms with Gasteiger partial charge in [0.2, 0.25) is 5.89 Å². The number of carbonyl (C=O) groups is 1. The first kappa shape index (κ1) is 22.2. The lowest BCUT2D eigenvalue weighted by atomic mass is 9.84. The number of alkyl halides is 2. The highest BCUT2D eigenvalue weighted by atomic mass is 19.3. The van der Waals surface area contributed by atoms with Crippen LogP contribution in [-0.4, -0.2) is 39.2 Å². The molecule has 0 saturated carbocycles. The minimum Gasteiger partial charge on any atom is -0.496 e. The molecule has 0 aliphatic heterocycles. The lowest BCUT2D eigenvalue weighted by Crippen LogP contribution is -2.21. The van der Waals surface area contributed by atoms with E-state index in [1.807, 2.05) is 26.0 Å². The molecule has 3 aromatic heterocycles. The van der Waals surface area contributed by atoms with Crippen molar-refractivity contribution >= 4 is 11.6 Å². The molecular formula is C22H21F2N5O4. The van der Waals surface area contributed by atoms with Crippen molar-refractivity contribution in [3.05, 3.63) is 59.5 Å². The van der Waals surface area contributed by atoms with Crippen LogP contribution in [0.4, 0.5) is 8.78 Å². The lowest BCUT2D eigenvalue weighted by molar-refractivity contribution is -0.0502. The molecule has 0 spiro atoms. The Morgan fingerprint density at radius 2 is 1.97 bits per heavy atom. The Hall–Kier alpha value is -4.02. The van der Waals surface area contributed by atoms with Gasteiger partial charge in [-0.1, -0.05) is 5.16 Å². The van der Waals surface area contributed by atoms with Crippen molar-refractivity contribution in [3.63, 3.8) is 0 Å². The number of fused-ring (bicyclic) bond motifs is 1. The van der Waals surface area contributed by atoms with Crippen molar-refractivity contribution in [2.75, 3.05) is 7.11 Å². The van der Waals surface area contributed by atoms with Crippen LogP contribution in [0.2, 0.25) is 0 Å². The molecule has 3 heterocycles. The van der Waals surface area contributed by atoms with E-state index in [1.165, 1.54) is 19.2 Å². The molecule has 4 aromatic rings.